The summed E-state index contributed by atoms with van der Waals surface area (Å²) in [6.45, 7) is 6.09. The van der Waals surface area contributed by atoms with Gasteiger partial charge in [0.1, 0.15) is 5.82 Å². The maximum atomic E-state index is 13.4. The molecule has 0 bridgehead atoms. The summed E-state index contributed by atoms with van der Waals surface area (Å²) < 4.78 is 13.4. The van der Waals surface area contributed by atoms with E-state index < -0.39 is 0 Å². The Bertz CT molecular complexity index is 1040. The molecule has 3 rings (SSSR count). The highest BCUT2D eigenvalue weighted by molar-refractivity contribution is 6.06. The summed E-state index contributed by atoms with van der Waals surface area (Å²) in [4.78, 5) is 27.2. The first-order valence-corrected chi connectivity index (χ1v) is 10.3. The lowest BCUT2D eigenvalue weighted by Crippen LogP contribution is -2.32. The lowest BCUT2D eigenvalue weighted by Gasteiger charge is -2.24. The van der Waals surface area contributed by atoms with E-state index in [0.29, 0.717) is 11.3 Å². The van der Waals surface area contributed by atoms with Crippen molar-refractivity contribution >= 4 is 17.5 Å². The number of nitrogens with zero attached hydrogens (tertiary/aromatic N) is 1. The van der Waals surface area contributed by atoms with Crippen LogP contribution in [0, 0.1) is 12.7 Å². The van der Waals surface area contributed by atoms with Crippen LogP contribution in [0.3, 0.4) is 0 Å². The summed E-state index contributed by atoms with van der Waals surface area (Å²) in [5.41, 5.74) is 3.95. The molecular weight excluding hydrogens is 391 g/mol. The molecule has 0 saturated carbocycles. The molecule has 4 nitrogen and oxygen atoms in total. The molecule has 5 heteroatoms. The number of rotatable bonds is 7. The van der Waals surface area contributed by atoms with Crippen molar-refractivity contribution in [3.63, 3.8) is 0 Å². The molecule has 0 spiro atoms. The van der Waals surface area contributed by atoms with E-state index >= 15 is 0 Å². The van der Waals surface area contributed by atoms with Crippen molar-refractivity contribution in [2.45, 2.75) is 39.8 Å². The minimum Gasteiger partial charge on any atom is -0.354 e. The van der Waals surface area contributed by atoms with Gasteiger partial charge in [-0.15, -0.1) is 0 Å². The van der Waals surface area contributed by atoms with Gasteiger partial charge >= 0.3 is 0 Å². The van der Waals surface area contributed by atoms with E-state index in [2.05, 4.69) is 5.32 Å². The fourth-order valence-electron chi connectivity index (χ4n) is 3.30. The second-order valence-electron chi connectivity index (χ2n) is 7.95. The number of carbonyl (C=O) groups excluding carboxylic acids is 2. The van der Waals surface area contributed by atoms with Crippen molar-refractivity contribution in [2.24, 2.45) is 0 Å². The normalized spacial score (nSPS) is 10.7. The average molecular weight is 419 g/mol. The summed E-state index contributed by atoms with van der Waals surface area (Å²) in [5.74, 6) is -0.548. The maximum Gasteiger partial charge on any atom is 0.258 e. The highest BCUT2D eigenvalue weighted by Crippen LogP contribution is 2.22. The molecule has 0 atom stereocenters. The number of amides is 2. The standard InChI is InChI=1S/C26H27FN2O2/c1-18(2)28-25(30)16-21-5-4-6-24(15-21)29(17-20-9-13-23(27)14-10-20)26(31)22-11-7-19(3)8-12-22/h4-15,18H,16-17H2,1-3H3,(H,28,30). The average Bonchev–Trinajstić information content (AvgIpc) is 2.73. The molecule has 0 aliphatic rings. The lowest BCUT2D eigenvalue weighted by atomic mass is 10.1. The Hall–Kier alpha value is -3.47. The summed E-state index contributed by atoms with van der Waals surface area (Å²) in [5, 5.41) is 2.88. The first-order chi connectivity index (χ1) is 14.8. The topological polar surface area (TPSA) is 49.4 Å². The number of aryl methyl sites for hydroxylation is 1. The van der Waals surface area contributed by atoms with Crippen LogP contribution in [0.25, 0.3) is 0 Å². The van der Waals surface area contributed by atoms with Gasteiger partial charge in [-0.3, -0.25) is 9.59 Å². The minimum atomic E-state index is -0.321. The van der Waals surface area contributed by atoms with Gasteiger partial charge in [-0.2, -0.15) is 0 Å². The van der Waals surface area contributed by atoms with Crippen LogP contribution in [0.5, 0.6) is 0 Å². The predicted octanol–water partition coefficient (Wildman–Crippen LogP) is 5.05. The fourth-order valence-corrected chi connectivity index (χ4v) is 3.30. The van der Waals surface area contributed by atoms with Crippen molar-refractivity contribution in [2.75, 3.05) is 4.90 Å². The fraction of sp³-hybridized carbons (Fsp3) is 0.231. The van der Waals surface area contributed by atoms with E-state index in [1.807, 2.05) is 57.2 Å². The third-order valence-electron chi connectivity index (χ3n) is 4.83. The molecule has 0 radical (unpaired) electrons. The predicted molar refractivity (Wildman–Crippen MR) is 122 cm³/mol. The van der Waals surface area contributed by atoms with E-state index in [9.17, 15) is 14.0 Å². The molecule has 1 N–H and O–H groups in total. The molecule has 0 aliphatic carbocycles. The first-order valence-electron chi connectivity index (χ1n) is 10.3. The van der Waals surface area contributed by atoms with Crippen molar-refractivity contribution in [3.8, 4) is 0 Å². The second kappa shape index (κ2) is 10.0. The molecule has 160 valence electrons. The Morgan fingerprint density at radius 2 is 1.61 bits per heavy atom. The zero-order valence-corrected chi connectivity index (χ0v) is 18.1. The van der Waals surface area contributed by atoms with E-state index in [0.717, 1.165) is 16.7 Å². The highest BCUT2D eigenvalue weighted by Gasteiger charge is 2.19. The lowest BCUT2D eigenvalue weighted by molar-refractivity contribution is -0.120. The van der Waals surface area contributed by atoms with Crippen LogP contribution in [0.4, 0.5) is 10.1 Å². The number of hydrogen-bond donors (Lipinski definition) is 1. The van der Waals surface area contributed by atoms with E-state index in [1.165, 1.54) is 12.1 Å². The van der Waals surface area contributed by atoms with Gasteiger partial charge in [0.25, 0.3) is 5.91 Å². The molecule has 0 saturated heterocycles. The van der Waals surface area contributed by atoms with Crippen molar-refractivity contribution in [3.05, 3.63) is 101 Å². The monoisotopic (exact) mass is 418 g/mol. The highest BCUT2D eigenvalue weighted by atomic mass is 19.1. The number of hydrogen-bond acceptors (Lipinski definition) is 2. The van der Waals surface area contributed by atoms with Crippen molar-refractivity contribution in [1.29, 1.82) is 0 Å². The van der Waals surface area contributed by atoms with Gasteiger partial charge in [-0.05, 0) is 68.3 Å². The molecule has 3 aromatic rings. The third-order valence-corrected chi connectivity index (χ3v) is 4.83. The molecule has 3 aromatic carbocycles. The van der Waals surface area contributed by atoms with Crippen molar-refractivity contribution in [1.82, 2.24) is 5.32 Å². The zero-order chi connectivity index (χ0) is 22.4. The van der Waals surface area contributed by atoms with Gasteiger partial charge in [0.05, 0.1) is 13.0 Å². The van der Waals surface area contributed by atoms with Crippen LogP contribution in [-0.4, -0.2) is 17.9 Å². The summed E-state index contributed by atoms with van der Waals surface area (Å²) in [6, 6.07) is 21.0. The Morgan fingerprint density at radius 3 is 2.26 bits per heavy atom. The molecule has 31 heavy (non-hydrogen) atoms. The minimum absolute atomic E-state index is 0.0637. The smallest absolute Gasteiger partial charge is 0.258 e. The number of halogens is 1. The van der Waals surface area contributed by atoms with Crippen LogP contribution in [0.1, 0.15) is 40.9 Å². The van der Waals surface area contributed by atoms with Gasteiger partial charge in [0.2, 0.25) is 5.91 Å². The second-order valence-corrected chi connectivity index (χ2v) is 7.95. The van der Waals surface area contributed by atoms with Crippen molar-refractivity contribution < 1.29 is 14.0 Å². The van der Waals surface area contributed by atoms with Gasteiger partial charge in [-0.25, -0.2) is 4.39 Å². The molecule has 0 unspecified atom stereocenters. The van der Waals surface area contributed by atoms with Gasteiger partial charge in [-0.1, -0.05) is 42.0 Å². The van der Waals surface area contributed by atoms with Crippen LogP contribution < -0.4 is 10.2 Å². The molecule has 2 amide bonds. The molecule has 0 fully saturated rings. The van der Waals surface area contributed by atoms with Crippen LogP contribution in [0.2, 0.25) is 0 Å². The van der Waals surface area contributed by atoms with Gasteiger partial charge < -0.3 is 10.2 Å². The summed E-state index contributed by atoms with van der Waals surface area (Å²) in [7, 11) is 0. The van der Waals surface area contributed by atoms with Crippen LogP contribution in [-0.2, 0) is 17.8 Å². The van der Waals surface area contributed by atoms with Crippen LogP contribution >= 0.6 is 0 Å². The van der Waals surface area contributed by atoms with E-state index in [4.69, 9.17) is 0 Å². The van der Waals surface area contributed by atoms with E-state index in [-0.39, 0.29) is 36.6 Å². The maximum absolute atomic E-state index is 13.4. The Balaban J connectivity index is 1.92. The van der Waals surface area contributed by atoms with Gasteiger partial charge in [0.15, 0.2) is 0 Å². The summed E-state index contributed by atoms with van der Waals surface area (Å²) in [6.07, 6.45) is 0.231. The quantitative estimate of drug-likeness (QED) is 0.584. The Kier molecular flexibility index (Phi) is 7.19. The number of carbonyl (C=O) groups is 2. The first kappa shape index (κ1) is 22.2. The largest absolute Gasteiger partial charge is 0.354 e. The zero-order valence-electron chi connectivity index (χ0n) is 18.1. The Labute approximate surface area is 182 Å². The molecule has 0 aromatic heterocycles. The van der Waals surface area contributed by atoms with Gasteiger partial charge in [0, 0.05) is 17.3 Å². The SMILES string of the molecule is Cc1ccc(C(=O)N(Cc2ccc(F)cc2)c2cccc(CC(=O)NC(C)C)c2)cc1. The van der Waals surface area contributed by atoms with E-state index in [1.54, 1.807) is 29.2 Å². The molecule has 0 aliphatic heterocycles. The number of anilines is 1. The molecule has 0 heterocycles. The number of nitrogens with one attached hydrogen (secondary N) is 1. The Morgan fingerprint density at radius 1 is 0.935 bits per heavy atom. The molecular formula is C26H27FN2O2. The third kappa shape index (κ3) is 6.25. The van der Waals surface area contributed by atoms with Crippen LogP contribution in [0.15, 0.2) is 72.8 Å². The summed E-state index contributed by atoms with van der Waals surface area (Å²) >= 11 is 0. The number of benzene rings is 3.